The smallest absolute Gasteiger partial charge is 0.204 e. The van der Waals surface area contributed by atoms with Gasteiger partial charge in [-0.1, -0.05) is 15.9 Å². The highest BCUT2D eigenvalue weighted by molar-refractivity contribution is 9.10. The molecule has 2 aromatic rings. The summed E-state index contributed by atoms with van der Waals surface area (Å²) in [5.74, 6) is -0.455. The topological polar surface area (TPSA) is 42.9 Å². The average Bonchev–Trinajstić information content (AvgIpc) is 2.34. The fraction of sp³-hybridized carbons (Fsp3) is 0.154. The third-order valence-electron chi connectivity index (χ3n) is 2.39. The molecule has 0 aliphatic rings. The van der Waals surface area contributed by atoms with Gasteiger partial charge in [-0.05, 0) is 36.2 Å². The number of aromatic nitrogens is 2. The average molecular weight is 309 g/mol. The van der Waals surface area contributed by atoms with Gasteiger partial charge >= 0.3 is 0 Å². The zero-order valence-electron chi connectivity index (χ0n) is 9.65. The summed E-state index contributed by atoms with van der Waals surface area (Å²) < 4.78 is 13.8. The van der Waals surface area contributed by atoms with E-state index in [0.29, 0.717) is 10.0 Å². The second-order valence-corrected chi connectivity index (χ2v) is 4.77. The lowest BCUT2D eigenvalue weighted by molar-refractivity contribution is 0.0982. The van der Waals surface area contributed by atoms with Gasteiger partial charge in [0.05, 0.1) is 0 Å². The Balaban J connectivity index is 2.21. The van der Waals surface area contributed by atoms with Gasteiger partial charge in [-0.2, -0.15) is 0 Å². The Hall–Kier alpha value is -1.62. The number of benzene rings is 1. The Bertz CT molecular complexity index is 584. The van der Waals surface area contributed by atoms with Crippen LogP contribution >= 0.6 is 15.9 Å². The summed E-state index contributed by atoms with van der Waals surface area (Å²) in [4.78, 5) is 19.8. The van der Waals surface area contributed by atoms with Gasteiger partial charge in [-0.15, -0.1) is 0 Å². The summed E-state index contributed by atoms with van der Waals surface area (Å²) >= 11 is 3.28. The first-order valence-corrected chi connectivity index (χ1v) is 6.11. The van der Waals surface area contributed by atoms with Crippen LogP contribution in [0.3, 0.4) is 0 Å². The molecule has 0 aliphatic heterocycles. The van der Waals surface area contributed by atoms with Gasteiger partial charge in [-0.3, -0.25) is 4.79 Å². The molecule has 0 radical (unpaired) electrons. The maximum atomic E-state index is 13.1. The summed E-state index contributed by atoms with van der Waals surface area (Å²) in [5, 5.41) is 0. The number of Topliss-reactive ketones (excluding diaryl/α,β-unsaturated/α-hetero) is 1. The van der Waals surface area contributed by atoms with Crippen molar-refractivity contribution in [2.24, 2.45) is 0 Å². The molecule has 2 rings (SSSR count). The Morgan fingerprint density at radius 1 is 1.33 bits per heavy atom. The molecule has 1 aromatic carbocycles. The molecule has 0 unspecified atom stereocenters. The Morgan fingerprint density at radius 3 is 2.67 bits per heavy atom. The van der Waals surface area contributed by atoms with E-state index >= 15 is 0 Å². The molecule has 0 amide bonds. The van der Waals surface area contributed by atoms with E-state index in [1.54, 1.807) is 18.5 Å². The first kappa shape index (κ1) is 12.8. The predicted molar refractivity (Wildman–Crippen MR) is 68.9 cm³/mol. The van der Waals surface area contributed by atoms with Gasteiger partial charge in [-0.25, -0.2) is 14.4 Å². The van der Waals surface area contributed by atoms with E-state index in [1.165, 1.54) is 12.1 Å². The van der Waals surface area contributed by atoms with Crippen LogP contribution in [0.5, 0.6) is 0 Å². The minimum atomic E-state index is -0.370. The van der Waals surface area contributed by atoms with E-state index < -0.39 is 0 Å². The van der Waals surface area contributed by atoms with Gasteiger partial charge < -0.3 is 0 Å². The van der Waals surface area contributed by atoms with Crippen molar-refractivity contribution in [3.05, 3.63) is 57.8 Å². The number of ketones is 1. The fourth-order valence-corrected chi connectivity index (χ4v) is 1.85. The molecule has 1 heterocycles. The van der Waals surface area contributed by atoms with Gasteiger partial charge in [0.25, 0.3) is 0 Å². The molecule has 0 aliphatic carbocycles. The minimum Gasteiger partial charge on any atom is -0.290 e. The van der Waals surface area contributed by atoms with Crippen LogP contribution in [0.2, 0.25) is 0 Å². The quantitative estimate of drug-likeness (QED) is 0.818. The molecule has 1 aromatic heterocycles. The highest BCUT2D eigenvalue weighted by Crippen LogP contribution is 2.19. The zero-order valence-corrected chi connectivity index (χ0v) is 11.2. The summed E-state index contributed by atoms with van der Waals surface area (Å²) in [7, 11) is 0. The van der Waals surface area contributed by atoms with Gasteiger partial charge in [0.15, 0.2) is 5.82 Å². The molecule has 0 atom stereocenters. The molecule has 0 N–H and O–H groups in total. The molecule has 0 saturated heterocycles. The number of aryl methyl sites for hydroxylation is 1. The van der Waals surface area contributed by atoms with Crippen molar-refractivity contribution in [1.82, 2.24) is 9.97 Å². The highest BCUT2D eigenvalue weighted by atomic mass is 79.9. The second kappa shape index (κ2) is 5.35. The SMILES string of the molecule is Cc1cnc(C(=O)Cc2cc(F)ccc2Br)nc1. The first-order chi connectivity index (χ1) is 8.56. The number of nitrogens with zero attached hydrogens (tertiary/aromatic N) is 2. The predicted octanol–water partition coefficient (Wildman–Crippen LogP) is 3.11. The van der Waals surface area contributed by atoms with Crippen LogP contribution in [0, 0.1) is 12.7 Å². The van der Waals surface area contributed by atoms with Crippen molar-refractivity contribution < 1.29 is 9.18 Å². The fourth-order valence-electron chi connectivity index (χ4n) is 1.47. The van der Waals surface area contributed by atoms with Crippen molar-refractivity contribution in [2.45, 2.75) is 13.3 Å². The molecule has 0 saturated carbocycles. The van der Waals surface area contributed by atoms with E-state index in [-0.39, 0.29) is 23.8 Å². The van der Waals surface area contributed by atoms with Crippen LogP contribution < -0.4 is 0 Å². The van der Waals surface area contributed by atoms with Crippen molar-refractivity contribution in [3.63, 3.8) is 0 Å². The first-order valence-electron chi connectivity index (χ1n) is 5.32. The van der Waals surface area contributed by atoms with E-state index in [4.69, 9.17) is 0 Å². The number of rotatable bonds is 3. The minimum absolute atomic E-state index is 0.0708. The maximum Gasteiger partial charge on any atom is 0.204 e. The number of halogens is 2. The standard InChI is InChI=1S/C13H10BrFN2O/c1-8-6-16-13(17-7-8)12(18)5-9-4-10(15)2-3-11(9)14/h2-4,6-7H,5H2,1H3. The van der Waals surface area contributed by atoms with Crippen LogP contribution in [0.15, 0.2) is 35.1 Å². The third-order valence-corrected chi connectivity index (χ3v) is 3.16. The molecule has 18 heavy (non-hydrogen) atoms. The van der Waals surface area contributed by atoms with Crippen LogP contribution in [0.4, 0.5) is 4.39 Å². The number of hydrogen-bond acceptors (Lipinski definition) is 3. The van der Waals surface area contributed by atoms with Gasteiger partial charge in [0.1, 0.15) is 5.82 Å². The summed E-state index contributed by atoms with van der Waals surface area (Å²) in [6.07, 6.45) is 3.24. The maximum absolute atomic E-state index is 13.1. The van der Waals surface area contributed by atoms with E-state index in [9.17, 15) is 9.18 Å². The molecule has 3 nitrogen and oxygen atoms in total. The Kier molecular flexibility index (Phi) is 3.81. The van der Waals surface area contributed by atoms with Crippen LogP contribution in [-0.4, -0.2) is 15.8 Å². The molecule has 0 bridgehead atoms. The van der Waals surface area contributed by atoms with Crippen molar-refractivity contribution in [2.75, 3.05) is 0 Å². The Morgan fingerprint density at radius 2 is 2.00 bits per heavy atom. The number of carbonyl (C=O) groups is 1. The van der Waals surface area contributed by atoms with Crippen molar-refractivity contribution in [3.8, 4) is 0 Å². The van der Waals surface area contributed by atoms with Crippen molar-refractivity contribution >= 4 is 21.7 Å². The van der Waals surface area contributed by atoms with Crippen molar-refractivity contribution in [1.29, 1.82) is 0 Å². The summed E-state index contributed by atoms with van der Waals surface area (Å²) in [6.45, 7) is 1.84. The lowest BCUT2D eigenvalue weighted by Crippen LogP contribution is -2.09. The second-order valence-electron chi connectivity index (χ2n) is 3.92. The molecule has 0 spiro atoms. The van der Waals surface area contributed by atoms with E-state index in [2.05, 4.69) is 25.9 Å². The normalized spacial score (nSPS) is 10.4. The number of carbonyl (C=O) groups excluding carboxylic acids is 1. The molecular formula is C13H10BrFN2O. The van der Waals surface area contributed by atoms with Gasteiger partial charge in [0, 0.05) is 23.3 Å². The monoisotopic (exact) mass is 308 g/mol. The lowest BCUT2D eigenvalue weighted by atomic mass is 10.1. The van der Waals surface area contributed by atoms with Crippen LogP contribution in [0.25, 0.3) is 0 Å². The van der Waals surface area contributed by atoms with E-state index in [1.807, 2.05) is 6.92 Å². The lowest BCUT2D eigenvalue weighted by Gasteiger charge is -2.03. The van der Waals surface area contributed by atoms with E-state index in [0.717, 1.165) is 5.56 Å². The van der Waals surface area contributed by atoms with Gasteiger partial charge in [0.2, 0.25) is 5.78 Å². The zero-order chi connectivity index (χ0) is 13.1. The molecular weight excluding hydrogens is 299 g/mol. The Labute approximate surface area is 112 Å². The summed E-state index contributed by atoms with van der Waals surface area (Å²) in [6, 6.07) is 4.24. The largest absolute Gasteiger partial charge is 0.290 e. The highest BCUT2D eigenvalue weighted by Gasteiger charge is 2.12. The third kappa shape index (κ3) is 2.98. The molecule has 5 heteroatoms. The summed E-state index contributed by atoms with van der Waals surface area (Å²) in [5.41, 5.74) is 1.47. The van der Waals surface area contributed by atoms with Crippen LogP contribution in [0.1, 0.15) is 21.7 Å². The molecule has 92 valence electrons. The number of hydrogen-bond donors (Lipinski definition) is 0. The van der Waals surface area contributed by atoms with Crippen LogP contribution in [-0.2, 0) is 6.42 Å². The molecule has 0 fully saturated rings.